The van der Waals surface area contributed by atoms with E-state index in [2.05, 4.69) is 35.6 Å². The molecule has 1 unspecified atom stereocenters. The predicted octanol–water partition coefficient (Wildman–Crippen LogP) is 1.87. The van der Waals surface area contributed by atoms with Crippen molar-refractivity contribution < 1.29 is 4.74 Å². The number of hydrogen-bond donors (Lipinski definition) is 1. The molecule has 0 bridgehead atoms. The molecule has 102 valence electrons. The minimum Gasteiger partial charge on any atom is -0.383 e. The molecule has 1 rings (SSSR count). The Balaban J connectivity index is 3.07. The standard InChI is InChI=1S/C13H24N4O/c1-5-10(3)17(7-8-18-4)13-11(6-2)12(14)15-9-16-13/h9-10H,5-8H2,1-4H3,(H2,14,15,16). The normalized spacial score (nSPS) is 12.4. The zero-order valence-corrected chi connectivity index (χ0v) is 11.8. The summed E-state index contributed by atoms with van der Waals surface area (Å²) in [7, 11) is 1.71. The van der Waals surface area contributed by atoms with Crippen LogP contribution in [-0.4, -0.2) is 36.3 Å². The number of anilines is 2. The molecule has 2 N–H and O–H groups in total. The number of hydrogen-bond acceptors (Lipinski definition) is 5. The summed E-state index contributed by atoms with van der Waals surface area (Å²) in [6.07, 6.45) is 3.42. The summed E-state index contributed by atoms with van der Waals surface area (Å²) < 4.78 is 5.18. The molecule has 0 fully saturated rings. The van der Waals surface area contributed by atoms with Crippen molar-refractivity contribution in [1.82, 2.24) is 9.97 Å². The van der Waals surface area contributed by atoms with Gasteiger partial charge in [0.05, 0.1) is 6.61 Å². The van der Waals surface area contributed by atoms with Gasteiger partial charge in [-0.15, -0.1) is 0 Å². The molecule has 0 aliphatic rings. The van der Waals surface area contributed by atoms with Gasteiger partial charge in [-0.3, -0.25) is 0 Å². The van der Waals surface area contributed by atoms with Crippen molar-refractivity contribution in [3.63, 3.8) is 0 Å². The zero-order valence-electron chi connectivity index (χ0n) is 11.8. The molecule has 0 saturated heterocycles. The lowest BCUT2D eigenvalue weighted by Crippen LogP contribution is -2.37. The number of methoxy groups -OCH3 is 1. The highest BCUT2D eigenvalue weighted by Crippen LogP contribution is 2.24. The Labute approximate surface area is 109 Å². The Kier molecular flexibility index (Phi) is 5.85. The second-order valence-electron chi connectivity index (χ2n) is 4.36. The maximum atomic E-state index is 5.93. The van der Waals surface area contributed by atoms with Crippen LogP contribution in [0.1, 0.15) is 32.8 Å². The average Bonchev–Trinajstić information content (AvgIpc) is 2.39. The highest BCUT2D eigenvalue weighted by molar-refractivity contribution is 5.57. The van der Waals surface area contributed by atoms with E-state index in [0.29, 0.717) is 18.5 Å². The van der Waals surface area contributed by atoms with Crippen LogP contribution < -0.4 is 10.6 Å². The molecule has 0 aliphatic heterocycles. The Morgan fingerprint density at radius 3 is 2.67 bits per heavy atom. The third-order valence-electron chi connectivity index (χ3n) is 3.24. The summed E-state index contributed by atoms with van der Waals surface area (Å²) in [6.45, 7) is 7.92. The van der Waals surface area contributed by atoms with Gasteiger partial charge in [-0.25, -0.2) is 9.97 Å². The molecule has 1 heterocycles. The van der Waals surface area contributed by atoms with Gasteiger partial charge in [0.15, 0.2) is 0 Å². The van der Waals surface area contributed by atoms with Crippen LogP contribution in [0.25, 0.3) is 0 Å². The van der Waals surface area contributed by atoms with E-state index in [0.717, 1.165) is 30.8 Å². The van der Waals surface area contributed by atoms with E-state index in [9.17, 15) is 0 Å². The molecule has 5 heteroatoms. The second kappa shape index (κ2) is 7.16. The van der Waals surface area contributed by atoms with Crippen molar-refractivity contribution in [2.75, 3.05) is 30.9 Å². The van der Waals surface area contributed by atoms with Gasteiger partial charge in [0.1, 0.15) is 18.0 Å². The molecule has 0 amide bonds. The topological polar surface area (TPSA) is 64.3 Å². The first-order valence-electron chi connectivity index (χ1n) is 6.50. The number of ether oxygens (including phenoxy) is 1. The maximum absolute atomic E-state index is 5.93. The van der Waals surface area contributed by atoms with E-state index < -0.39 is 0 Å². The Morgan fingerprint density at radius 2 is 2.11 bits per heavy atom. The summed E-state index contributed by atoms with van der Waals surface area (Å²) in [5.41, 5.74) is 6.95. The lowest BCUT2D eigenvalue weighted by molar-refractivity contribution is 0.203. The summed E-state index contributed by atoms with van der Waals surface area (Å²) in [6, 6.07) is 0.403. The van der Waals surface area contributed by atoms with Gasteiger partial charge in [-0.1, -0.05) is 13.8 Å². The molecule has 5 nitrogen and oxygen atoms in total. The summed E-state index contributed by atoms with van der Waals surface area (Å²) in [5, 5.41) is 0. The van der Waals surface area contributed by atoms with E-state index in [1.165, 1.54) is 6.33 Å². The van der Waals surface area contributed by atoms with E-state index in [4.69, 9.17) is 10.5 Å². The Hall–Kier alpha value is -1.36. The number of rotatable bonds is 7. The third kappa shape index (κ3) is 3.32. The number of nitrogens with two attached hydrogens (primary N) is 1. The van der Waals surface area contributed by atoms with Gasteiger partial charge >= 0.3 is 0 Å². The van der Waals surface area contributed by atoms with E-state index in [1.807, 2.05) is 0 Å². The smallest absolute Gasteiger partial charge is 0.137 e. The molecule has 1 atom stereocenters. The van der Waals surface area contributed by atoms with E-state index in [-0.39, 0.29) is 0 Å². The summed E-state index contributed by atoms with van der Waals surface area (Å²) >= 11 is 0. The van der Waals surface area contributed by atoms with Gasteiger partial charge in [-0.05, 0) is 19.8 Å². The van der Waals surface area contributed by atoms with Gasteiger partial charge in [0.25, 0.3) is 0 Å². The van der Waals surface area contributed by atoms with Crippen molar-refractivity contribution in [3.8, 4) is 0 Å². The Morgan fingerprint density at radius 1 is 1.39 bits per heavy atom. The molecule has 0 saturated carbocycles. The molecule has 0 aliphatic carbocycles. The molecular weight excluding hydrogens is 228 g/mol. The summed E-state index contributed by atoms with van der Waals surface area (Å²) in [4.78, 5) is 10.7. The molecule has 0 aromatic carbocycles. The molecule has 1 aromatic heterocycles. The quantitative estimate of drug-likeness (QED) is 0.802. The lowest BCUT2D eigenvalue weighted by Gasteiger charge is -2.31. The van der Waals surface area contributed by atoms with Crippen molar-refractivity contribution in [2.45, 2.75) is 39.7 Å². The average molecular weight is 252 g/mol. The predicted molar refractivity (Wildman–Crippen MR) is 74.8 cm³/mol. The lowest BCUT2D eigenvalue weighted by atomic mass is 10.1. The Bertz CT molecular complexity index is 370. The van der Waals surface area contributed by atoms with Crippen LogP contribution in [0, 0.1) is 0 Å². The first kappa shape index (κ1) is 14.7. The van der Waals surface area contributed by atoms with Crippen molar-refractivity contribution in [2.24, 2.45) is 0 Å². The van der Waals surface area contributed by atoms with Crippen molar-refractivity contribution in [3.05, 3.63) is 11.9 Å². The van der Waals surface area contributed by atoms with Crippen LogP contribution in [0.15, 0.2) is 6.33 Å². The SMILES string of the molecule is CCc1c(N)ncnc1N(CCOC)C(C)CC. The molecule has 0 radical (unpaired) electrons. The minimum absolute atomic E-state index is 0.403. The van der Waals surface area contributed by atoms with Crippen LogP contribution in [0.2, 0.25) is 0 Å². The van der Waals surface area contributed by atoms with Gasteiger partial charge < -0.3 is 15.4 Å². The minimum atomic E-state index is 0.403. The van der Waals surface area contributed by atoms with Crippen LogP contribution in [-0.2, 0) is 11.2 Å². The fraction of sp³-hybridized carbons (Fsp3) is 0.692. The summed E-state index contributed by atoms with van der Waals surface area (Å²) in [5.74, 6) is 1.52. The van der Waals surface area contributed by atoms with Gasteiger partial charge in [-0.2, -0.15) is 0 Å². The van der Waals surface area contributed by atoms with E-state index in [1.54, 1.807) is 7.11 Å². The highest BCUT2D eigenvalue weighted by atomic mass is 16.5. The first-order chi connectivity index (χ1) is 8.65. The second-order valence-corrected chi connectivity index (χ2v) is 4.36. The first-order valence-corrected chi connectivity index (χ1v) is 6.50. The fourth-order valence-corrected chi connectivity index (χ4v) is 1.95. The molecule has 18 heavy (non-hydrogen) atoms. The molecule has 0 spiro atoms. The maximum Gasteiger partial charge on any atom is 0.137 e. The number of aromatic nitrogens is 2. The van der Waals surface area contributed by atoms with Crippen LogP contribution in [0.4, 0.5) is 11.6 Å². The zero-order chi connectivity index (χ0) is 13.5. The molecule has 1 aromatic rings. The largest absolute Gasteiger partial charge is 0.383 e. The van der Waals surface area contributed by atoms with Crippen LogP contribution >= 0.6 is 0 Å². The monoisotopic (exact) mass is 252 g/mol. The van der Waals surface area contributed by atoms with E-state index >= 15 is 0 Å². The fourth-order valence-electron chi connectivity index (χ4n) is 1.95. The van der Waals surface area contributed by atoms with Gasteiger partial charge in [0.2, 0.25) is 0 Å². The van der Waals surface area contributed by atoms with Crippen molar-refractivity contribution >= 4 is 11.6 Å². The molecular formula is C13H24N4O. The highest BCUT2D eigenvalue weighted by Gasteiger charge is 2.18. The third-order valence-corrected chi connectivity index (χ3v) is 3.24. The van der Waals surface area contributed by atoms with Crippen molar-refractivity contribution in [1.29, 1.82) is 0 Å². The van der Waals surface area contributed by atoms with Crippen LogP contribution in [0.5, 0.6) is 0 Å². The van der Waals surface area contributed by atoms with Gasteiger partial charge in [0, 0.05) is 25.3 Å². The van der Waals surface area contributed by atoms with Crippen LogP contribution in [0.3, 0.4) is 0 Å². The number of nitrogens with zero attached hydrogens (tertiary/aromatic N) is 3. The number of nitrogen functional groups attached to an aromatic ring is 1.